The summed E-state index contributed by atoms with van der Waals surface area (Å²) in [4.78, 5) is 0. The molecule has 0 aromatic heterocycles. The quantitative estimate of drug-likeness (QED) is 0.426. The van der Waals surface area contributed by atoms with Gasteiger partial charge in [-0.1, -0.05) is 19.1 Å². The van der Waals surface area contributed by atoms with Crippen LogP contribution in [0.25, 0.3) is 0 Å². The maximum atomic E-state index is 13.5. The summed E-state index contributed by atoms with van der Waals surface area (Å²) in [6, 6.07) is 2.28. The highest BCUT2D eigenvalue weighted by Crippen LogP contribution is 2.40. The van der Waals surface area contributed by atoms with E-state index in [1.165, 1.54) is 19.3 Å². The summed E-state index contributed by atoms with van der Waals surface area (Å²) in [5.41, 5.74) is 0.555. The van der Waals surface area contributed by atoms with Gasteiger partial charge in [0, 0.05) is 11.8 Å². The summed E-state index contributed by atoms with van der Waals surface area (Å²) in [5.74, 6) is -1.51. The van der Waals surface area contributed by atoms with E-state index in [1.54, 1.807) is 0 Å². The van der Waals surface area contributed by atoms with Gasteiger partial charge in [-0.15, -0.1) is 0 Å². The van der Waals surface area contributed by atoms with E-state index in [-0.39, 0.29) is 12.2 Å². The van der Waals surface area contributed by atoms with E-state index in [1.807, 2.05) is 0 Å². The molecule has 2 aliphatic carbocycles. The van der Waals surface area contributed by atoms with Crippen LogP contribution in [0, 0.1) is 41.1 Å². The molecule has 2 atom stereocenters. The predicted octanol–water partition coefficient (Wildman–Crippen LogP) is 6.36. The SMILES string of the molecule is CC[C@@H]1C=C[C@@H](C2COC(C3CCC(c4cc(F)c(F)c(F)c4)CC3)OC2)CC1. The zero-order valence-electron chi connectivity index (χ0n) is 17.1. The fourth-order valence-corrected chi connectivity index (χ4v) is 5.22. The Bertz CT molecular complexity index is 696. The van der Waals surface area contributed by atoms with Crippen molar-refractivity contribution in [1.82, 2.24) is 0 Å². The Morgan fingerprint density at radius 2 is 1.48 bits per heavy atom. The molecule has 0 spiro atoms. The van der Waals surface area contributed by atoms with Crippen molar-refractivity contribution in [2.45, 2.75) is 64.1 Å². The Balaban J connectivity index is 1.26. The second-order valence-electron chi connectivity index (χ2n) is 9.00. The molecule has 160 valence electrons. The lowest BCUT2D eigenvalue weighted by Gasteiger charge is -2.40. The zero-order valence-corrected chi connectivity index (χ0v) is 17.1. The molecule has 3 aliphatic rings. The van der Waals surface area contributed by atoms with Crippen molar-refractivity contribution in [3.8, 4) is 0 Å². The Labute approximate surface area is 171 Å². The lowest BCUT2D eigenvalue weighted by Crippen LogP contribution is -2.40. The predicted molar refractivity (Wildman–Crippen MR) is 106 cm³/mol. The lowest BCUT2D eigenvalue weighted by atomic mass is 9.77. The van der Waals surface area contributed by atoms with Gasteiger partial charge in [-0.3, -0.25) is 0 Å². The number of rotatable bonds is 4. The summed E-state index contributed by atoms with van der Waals surface area (Å²) in [6.45, 7) is 3.72. The molecule has 0 bridgehead atoms. The van der Waals surface area contributed by atoms with Crippen LogP contribution in [0.4, 0.5) is 13.2 Å². The van der Waals surface area contributed by atoms with E-state index >= 15 is 0 Å². The summed E-state index contributed by atoms with van der Waals surface area (Å²) >= 11 is 0. The molecule has 1 saturated carbocycles. The van der Waals surface area contributed by atoms with E-state index < -0.39 is 17.5 Å². The Morgan fingerprint density at radius 1 is 0.828 bits per heavy atom. The van der Waals surface area contributed by atoms with Crippen molar-refractivity contribution in [2.75, 3.05) is 13.2 Å². The van der Waals surface area contributed by atoms with Crippen LogP contribution in [-0.4, -0.2) is 19.5 Å². The molecule has 1 aromatic carbocycles. The summed E-state index contributed by atoms with van der Waals surface area (Å²) in [5, 5.41) is 0. The topological polar surface area (TPSA) is 18.5 Å². The lowest BCUT2D eigenvalue weighted by molar-refractivity contribution is -0.233. The second-order valence-corrected chi connectivity index (χ2v) is 9.00. The van der Waals surface area contributed by atoms with E-state index in [0.29, 0.717) is 23.3 Å². The van der Waals surface area contributed by atoms with Crippen molar-refractivity contribution < 1.29 is 22.6 Å². The van der Waals surface area contributed by atoms with Gasteiger partial charge in [0.25, 0.3) is 0 Å². The van der Waals surface area contributed by atoms with Gasteiger partial charge in [-0.05, 0) is 80.4 Å². The van der Waals surface area contributed by atoms with E-state index in [9.17, 15) is 13.2 Å². The second kappa shape index (κ2) is 9.22. The first-order valence-corrected chi connectivity index (χ1v) is 11.1. The average molecular weight is 409 g/mol. The smallest absolute Gasteiger partial charge is 0.194 e. The molecule has 2 fully saturated rings. The Morgan fingerprint density at radius 3 is 2.03 bits per heavy atom. The number of halogens is 3. The van der Waals surface area contributed by atoms with Crippen molar-refractivity contribution in [2.24, 2.45) is 23.7 Å². The van der Waals surface area contributed by atoms with E-state index in [2.05, 4.69) is 19.1 Å². The number of benzene rings is 1. The minimum atomic E-state index is -1.39. The van der Waals surface area contributed by atoms with Crippen LogP contribution in [0.3, 0.4) is 0 Å². The fraction of sp³-hybridized carbons (Fsp3) is 0.667. The highest BCUT2D eigenvalue weighted by molar-refractivity contribution is 5.23. The van der Waals surface area contributed by atoms with Crippen molar-refractivity contribution in [1.29, 1.82) is 0 Å². The van der Waals surface area contributed by atoms with Crippen molar-refractivity contribution >= 4 is 0 Å². The molecule has 1 aliphatic heterocycles. The molecule has 1 heterocycles. The number of hydrogen-bond donors (Lipinski definition) is 0. The largest absolute Gasteiger partial charge is 0.352 e. The first kappa shape index (κ1) is 20.9. The minimum absolute atomic E-state index is 0.0612. The van der Waals surface area contributed by atoms with Gasteiger partial charge in [0.1, 0.15) is 0 Å². The van der Waals surface area contributed by atoms with Gasteiger partial charge in [0.15, 0.2) is 23.7 Å². The van der Waals surface area contributed by atoms with Crippen LogP contribution in [0.5, 0.6) is 0 Å². The Kier molecular flexibility index (Phi) is 6.65. The normalized spacial score (nSPS) is 35.6. The number of hydrogen-bond acceptors (Lipinski definition) is 2. The van der Waals surface area contributed by atoms with Gasteiger partial charge in [0.2, 0.25) is 0 Å². The van der Waals surface area contributed by atoms with Crippen LogP contribution in [0.2, 0.25) is 0 Å². The molecule has 2 nitrogen and oxygen atoms in total. The van der Waals surface area contributed by atoms with Crippen LogP contribution in [0.1, 0.15) is 63.4 Å². The summed E-state index contributed by atoms with van der Waals surface area (Å²) in [6.07, 6.45) is 11.6. The maximum absolute atomic E-state index is 13.5. The molecule has 0 N–H and O–H groups in total. The summed E-state index contributed by atoms with van der Waals surface area (Å²) in [7, 11) is 0. The van der Waals surface area contributed by atoms with Gasteiger partial charge in [0.05, 0.1) is 13.2 Å². The zero-order chi connectivity index (χ0) is 20.4. The fourth-order valence-electron chi connectivity index (χ4n) is 5.22. The van der Waals surface area contributed by atoms with Crippen molar-refractivity contribution in [3.05, 3.63) is 47.3 Å². The number of allylic oxidation sites excluding steroid dienone is 2. The van der Waals surface area contributed by atoms with Gasteiger partial charge in [-0.25, -0.2) is 13.2 Å². The van der Waals surface area contributed by atoms with E-state index in [4.69, 9.17) is 9.47 Å². The first-order valence-electron chi connectivity index (χ1n) is 11.1. The van der Waals surface area contributed by atoms with Gasteiger partial charge >= 0.3 is 0 Å². The molecule has 0 amide bonds. The Hall–Kier alpha value is -1.33. The molecule has 1 aromatic rings. The summed E-state index contributed by atoms with van der Waals surface area (Å²) < 4.78 is 52.5. The maximum Gasteiger partial charge on any atom is 0.194 e. The molecule has 1 saturated heterocycles. The van der Waals surface area contributed by atoms with Gasteiger partial charge in [-0.2, -0.15) is 0 Å². The standard InChI is InChI=1S/C24H31F3O2/c1-2-15-3-5-17(6-4-15)20-13-28-24(29-14-20)18-9-7-16(8-10-18)19-11-21(25)23(27)22(26)12-19/h3,5,11-12,15-18,20,24H,2,4,6-10,13-14H2,1H3/t15-,16?,17-,18?,20?,24?/m1/s1. The van der Waals surface area contributed by atoms with Crippen LogP contribution < -0.4 is 0 Å². The first-order chi connectivity index (χ1) is 14.0. The third-order valence-corrected chi connectivity index (χ3v) is 7.21. The van der Waals surface area contributed by atoms with Crippen LogP contribution in [0.15, 0.2) is 24.3 Å². The molecule has 5 heteroatoms. The highest BCUT2D eigenvalue weighted by atomic mass is 19.2. The molecule has 29 heavy (non-hydrogen) atoms. The van der Waals surface area contributed by atoms with Gasteiger partial charge < -0.3 is 9.47 Å². The molecule has 0 radical (unpaired) electrons. The van der Waals surface area contributed by atoms with E-state index in [0.717, 1.165) is 56.9 Å². The average Bonchev–Trinajstić information content (AvgIpc) is 2.77. The highest BCUT2D eigenvalue weighted by Gasteiger charge is 2.35. The molecule has 4 rings (SSSR count). The molecular formula is C24H31F3O2. The third kappa shape index (κ3) is 4.72. The molecular weight excluding hydrogens is 377 g/mol. The van der Waals surface area contributed by atoms with Crippen LogP contribution >= 0.6 is 0 Å². The third-order valence-electron chi connectivity index (χ3n) is 7.21. The molecule has 0 unspecified atom stereocenters. The number of ether oxygens (including phenoxy) is 2. The monoisotopic (exact) mass is 408 g/mol. The minimum Gasteiger partial charge on any atom is -0.352 e. The van der Waals surface area contributed by atoms with Crippen LogP contribution in [-0.2, 0) is 9.47 Å². The van der Waals surface area contributed by atoms with Crippen molar-refractivity contribution in [3.63, 3.8) is 0 Å².